The molecule has 0 aliphatic carbocycles. The molecular weight excluding hydrogens is 360 g/mol. The van der Waals surface area contributed by atoms with E-state index in [1.54, 1.807) is 26.1 Å². The van der Waals surface area contributed by atoms with Crippen LogP contribution in [0.2, 0.25) is 0 Å². The highest BCUT2D eigenvalue weighted by Gasteiger charge is 2.19. The van der Waals surface area contributed by atoms with E-state index in [2.05, 4.69) is 4.72 Å². The summed E-state index contributed by atoms with van der Waals surface area (Å²) >= 11 is 0. The molecule has 0 spiro atoms. The fourth-order valence-corrected chi connectivity index (χ4v) is 3.04. The lowest BCUT2D eigenvalue weighted by Crippen LogP contribution is -2.26. The first-order valence-corrected chi connectivity index (χ1v) is 9.53. The molecule has 2 N–H and O–H groups in total. The van der Waals surface area contributed by atoms with Crippen LogP contribution in [0.5, 0.6) is 0 Å². The first-order valence-electron chi connectivity index (χ1n) is 7.64. The number of carbonyl (C=O) groups excluding carboxylic acids is 1. The van der Waals surface area contributed by atoms with Crippen molar-refractivity contribution in [3.8, 4) is 0 Å². The van der Waals surface area contributed by atoms with E-state index in [9.17, 15) is 18.0 Å². The number of sulfonamides is 1. The number of nitrogens with one attached hydrogen (secondary N) is 1. The molecule has 8 nitrogen and oxygen atoms in total. The van der Waals surface area contributed by atoms with Crippen LogP contribution in [0.25, 0.3) is 0 Å². The molecule has 2 rings (SSSR count). The standard InChI is InChI=1S/C17H20N2O6S/c1-10-5-6-12(7-15(10)18-26(4,23)24)16(20)19(3)9-13-8-14(17(21)22)11(2)25-13/h5-8,18H,9H2,1-4H3,(H,21,22). The van der Waals surface area contributed by atoms with Gasteiger partial charge in [-0.15, -0.1) is 0 Å². The molecular formula is C17H20N2O6S. The van der Waals surface area contributed by atoms with E-state index >= 15 is 0 Å². The topological polar surface area (TPSA) is 117 Å². The van der Waals surface area contributed by atoms with Crippen molar-refractivity contribution in [2.75, 3.05) is 18.0 Å². The summed E-state index contributed by atoms with van der Waals surface area (Å²) in [5, 5.41) is 9.05. The van der Waals surface area contributed by atoms with E-state index in [1.165, 1.54) is 24.0 Å². The third-order valence-corrected chi connectivity index (χ3v) is 4.31. The molecule has 0 saturated carbocycles. The SMILES string of the molecule is Cc1ccc(C(=O)N(C)Cc2cc(C(=O)O)c(C)o2)cc1NS(C)(=O)=O. The Bertz CT molecular complexity index is 962. The second kappa shape index (κ2) is 7.20. The number of carboxylic acid groups (broad SMARTS) is 1. The summed E-state index contributed by atoms with van der Waals surface area (Å²) in [5.74, 6) is -0.838. The van der Waals surface area contributed by atoms with Crippen molar-refractivity contribution in [2.24, 2.45) is 0 Å². The third kappa shape index (κ3) is 4.63. The molecule has 1 aromatic carbocycles. The molecule has 0 atom stereocenters. The van der Waals surface area contributed by atoms with E-state index in [0.29, 0.717) is 22.6 Å². The van der Waals surface area contributed by atoms with Crippen LogP contribution in [-0.2, 0) is 16.6 Å². The molecule has 1 aromatic heterocycles. The number of rotatable bonds is 6. The van der Waals surface area contributed by atoms with Gasteiger partial charge in [-0.25, -0.2) is 13.2 Å². The minimum Gasteiger partial charge on any atom is -0.478 e. The highest BCUT2D eigenvalue weighted by Crippen LogP contribution is 2.21. The number of hydrogen-bond acceptors (Lipinski definition) is 5. The Kier molecular flexibility index (Phi) is 5.41. The van der Waals surface area contributed by atoms with Crippen LogP contribution in [0, 0.1) is 13.8 Å². The van der Waals surface area contributed by atoms with Crippen molar-refractivity contribution in [1.82, 2.24) is 4.90 Å². The zero-order chi connectivity index (χ0) is 19.6. The summed E-state index contributed by atoms with van der Waals surface area (Å²) in [6, 6.07) is 6.09. The van der Waals surface area contributed by atoms with Crippen LogP contribution >= 0.6 is 0 Å². The summed E-state index contributed by atoms with van der Waals surface area (Å²) < 4.78 is 30.6. The minimum absolute atomic E-state index is 0.0517. The molecule has 0 aliphatic rings. The van der Waals surface area contributed by atoms with Gasteiger partial charge >= 0.3 is 5.97 Å². The molecule has 1 amide bonds. The first kappa shape index (κ1) is 19.5. The predicted octanol–water partition coefficient (Wildman–Crippen LogP) is 2.24. The van der Waals surface area contributed by atoms with Gasteiger partial charge in [0, 0.05) is 12.6 Å². The summed E-state index contributed by atoms with van der Waals surface area (Å²) in [4.78, 5) is 25.0. The van der Waals surface area contributed by atoms with Crippen LogP contribution in [0.4, 0.5) is 5.69 Å². The second-order valence-corrected chi connectivity index (χ2v) is 7.80. The van der Waals surface area contributed by atoms with Gasteiger partial charge in [0.1, 0.15) is 17.1 Å². The largest absolute Gasteiger partial charge is 0.478 e. The maximum atomic E-state index is 12.6. The molecule has 0 radical (unpaired) electrons. The molecule has 26 heavy (non-hydrogen) atoms. The molecule has 0 bridgehead atoms. The van der Waals surface area contributed by atoms with Crippen molar-refractivity contribution in [3.05, 3.63) is 52.5 Å². The molecule has 1 heterocycles. The molecule has 140 valence electrons. The molecule has 0 unspecified atom stereocenters. The van der Waals surface area contributed by atoms with E-state index in [0.717, 1.165) is 6.26 Å². The van der Waals surface area contributed by atoms with Crippen molar-refractivity contribution in [1.29, 1.82) is 0 Å². The molecule has 0 aliphatic heterocycles. The molecule has 0 saturated heterocycles. The Morgan fingerprint density at radius 1 is 1.23 bits per heavy atom. The first-order chi connectivity index (χ1) is 12.0. The second-order valence-electron chi connectivity index (χ2n) is 6.05. The smallest absolute Gasteiger partial charge is 0.339 e. The lowest BCUT2D eigenvalue weighted by Gasteiger charge is -2.17. The average Bonchev–Trinajstić information content (AvgIpc) is 2.88. The maximum absolute atomic E-state index is 12.6. The summed E-state index contributed by atoms with van der Waals surface area (Å²) in [5.41, 5.74) is 1.36. The summed E-state index contributed by atoms with van der Waals surface area (Å²) in [6.07, 6.45) is 1.03. The predicted molar refractivity (Wildman–Crippen MR) is 95.8 cm³/mol. The highest BCUT2D eigenvalue weighted by molar-refractivity contribution is 7.92. The normalized spacial score (nSPS) is 11.2. The number of hydrogen-bond donors (Lipinski definition) is 2. The Hall–Kier alpha value is -2.81. The van der Waals surface area contributed by atoms with E-state index in [-0.39, 0.29) is 23.8 Å². The van der Waals surface area contributed by atoms with E-state index < -0.39 is 16.0 Å². The minimum atomic E-state index is -3.47. The quantitative estimate of drug-likeness (QED) is 0.794. The zero-order valence-corrected chi connectivity index (χ0v) is 15.7. The maximum Gasteiger partial charge on any atom is 0.339 e. The summed E-state index contributed by atoms with van der Waals surface area (Å²) in [7, 11) is -1.92. The highest BCUT2D eigenvalue weighted by atomic mass is 32.2. The monoisotopic (exact) mass is 380 g/mol. The van der Waals surface area contributed by atoms with E-state index in [1.807, 2.05) is 0 Å². The lowest BCUT2D eigenvalue weighted by molar-refractivity contribution is 0.0694. The molecule has 0 fully saturated rings. The zero-order valence-electron chi connectivity index (χ0n) is 14.9. The van der Waals surface area contributed by atoms with Gasteiger partial charge in [0.05, 0.1) is 18.5 Å². The number of amides is 1. The van der Waals surface area contributed by atoms with Crippen LogP contribution in [0.15, 0.2) is 28.7 Å². The Morgan fingerprint density at radius 2 is 1.88 bits per heavy atom. The fraction of sp³-hybridized carbons (Fsp3) is 0.294. The number of aromatic carboxylic acids is 1. The van der Waals surface area contributed by atoms with Gasteiger partial charge in [0.15, 0.2) is 0 Å². The van der Waals surface area contributed by atoms with E-state index in [4.69, 9.17) is 9.52 Å². The number of carboxylic acids is 1. The Balaban J connectivity index is 2.21. The van der Waals surface area contributed by atoms with Gasteiger partial charge < -0.3 is 14.4 Å². The van der Waals surface area contributed by atoms with Gasteiger partial charge in [-0.3, -0.25) is 9.52 Å². The fourth-order valence-electron chi connectivity index (χ4n) is 2.42. The van der Waals surface area contributed by atoms with Crippen LogP contribution < -0.4 is 4.72 Å². The summed E-state index contributed by atoms with van der Waals surface area (Å²) in [6.45, 7) is 3.35. The average molecular weight is 380 g/mol. The Morgan fingerprint density at radius 3 is 2.42 bits per heavy atom. The van der Waals surface area contributed by atoms with Gasteiger partial charge in [-0.2, -0.15) is 0 Å². The Labute approximate surface area is 151 Å². The number of carbonyl (C=O) groups is 2. The number of anilines is 1. The van der Waals surface area contributed by atoms with Crippen LogP contribution in [-0.4, -0.2) is 43.6 Å². The number of aryl methyl sites for hydroxylation is 2. The third-order valence-electron chi connectivity index (χ3n) is 3.72. The van der Waals surface area contributed by atoms with Crippen molar-refractivity contribution < 1.29 is 27.5 Å². The van der Waals surface area contributed by atoms with Gasteiger partial charge in [-0.05, 0) is 37.6 Å². The number of furan rings is 1. The van der Waals surface area contributed by atoms with Crippen molar-refractivity contribution in [3.63, 3.8) is 0 Å². The lowest BCUT2D eigenvalue weighted by atomic mass is 10.1. The van der Waals surface area contributed by atoms with Gasteiger partial charge in [-0.1, -0.05) is 6.07 Å². The molecule has 2 aromatic rings. The van der Waals surface area contributed by atoms with Gasteiger partial charge in [0.2, 0.25) is 10.0 Å². The number of nitrogens with zero attached hydrogens (tertiary/aromatic N) is 1. The van der Waals surface area contributed by atoms with Crippen LogP contribution in [0.1, 0.15) is 37.8 Å². The van der Waals surface area contributed by atoms with Crippen molar-refractivity contribution >= 4 is 27.6 Å². The van der Waals surface area contributed by atoms with Gasteiger partial charge in [0.25, 0.3) is 5.91 Å². The van der Waals surface area contributed by atoms with Crippen molar-refractivity contribution in [2.45, 2.75) is 20.4 Å². The van der Waals surface area contributed by atoms with Crippen LogP contribution in [0.3, 0.4) is 0 Å². The molecule has 9 heteroatoms. The number of benzene rings is 1.